The van der Waals surface area contributed by atoms with Crippen LogP contribution in [0.3, 0.4) is 0 Å². The van der Waals surface area contributed by atoms with Crippen LogP contribution in [-0.2, 0) is 7.05 Å². The van der Waals surface area contributed by atoms with Crippen LogP contribution < -0.4 is 5.73 Å². The number of aromatic nitrogens is 2. The third kappa shape index (κ3) is 1.21. The van der Waals surface area contributed by atoms with E-state index in [1.54, 1.807) is 4.57 Å². The minimum Gasteiger partial charge on any atom is -0.384 e. The third-order valence-electron chi connectivity index (χ3n) is 2.81. The molecule has 0 radical (unpaired) electrons. The van der Waals surface area contributed by atoms with Gasteiger partial charge in [-0.15, -0.1) is 0 Å². The molecule has 0 aliphatic rings. The van der Waals surface area contributed by atoms with Crippen LogP contribution in [0.5, 0.6) is 0 Å². The molecule has 0 amide bonds. The molecule has 0 aromatic carbocycles. The summed E-state index contributed by atoms with van der Waals surface area (Å²) in [4.78, 5) is 15.4. The number of aryl methyl sites for hydroxylation is 3. The Balaban J connectivity index is 2.97. The van der Waals surface area contributed by atoms with Crippen molar-refractivity contribution in [3.05, 3.63) is 22.9 Å². The average Bonchev–Trinajstić information content (AvgIpc) is 2.42. The first kappa shape index (κ1) is 9.71. The molecule has 0 bridgehead atoms. The zero-order chi connectivity index (χ0) is 11.2. The van der Waals surface area contributed by atoms with E-state index in [0.717, 1.165) is 28.6 Å². The number of carbonyl (C=O) groups is 1. The molecular formula is C11H13N3O. The first-order valence-electron chi connectivity index (χ1n) is 4.73. The summed E-state index contributed by atoms with van der Waals surface area (Å²) >= 11 is 0. The summed E-state index contributed by atoms with van der Waals surface area (Å²) in [5.41, 5.74) is 9.13. The van der Waals surface area contributed by atoms with Crippen molar-refractivity contribution in [2.24, 2.45) is 7.05 Å². The Morgan fingerprint density at radius 3 is 2.73 bits per heavy atom. The largest absolute Gasteiger partial charge is 0.384 e. The van der Waals surface area contributed by atoms with E-state index in [9.17, 15) is 4.79 Å². The summed E-state index contributed by atoms with van der Waals surface area (Å²) in [6, 6.07) is 1.96. The maximum absolute atomic E-state index is 10.9. The molecule has 2 N–H and O–H groups in total. The number of anilines is 1. The van der Waals surface area contributed by atoms with Crippen LogP contribution >= 0.6 is 0 Å². The smallest absolute Gasteiger partial charge is 0.154 e. The predicted molar refractivity (Wildman–Crippen MR) is 60.0 cm³/mol. The Labute approximate surface area is 87.7 Å². The molecule has 2 rings (SSSR count). The summed E-state index contributed by atoms with van der Waals surface area (Å²) in [7, 11) is 1.81. The van der Waals surface area contributed by atoms with Crippen molar-refractivity contribution in [1.82, 2.24) is 9.55 Å². The lowest BCUT2D eigenvalue weighted by molar-refractivity contribution is 0.112. The second-order valence-corrected chi connectivity index (χ2v) is 3.74. The summed E-state index contributed by atoms with van der Waals surface area (Å²) in [5.74, 6) is 0.470. The molecule has 4 nitrogen and oxygen atoms in total. The van der Waals surface area contributed by atoms with E-state index in [1.807, 2.05) is 27.0 Å². The Morgan fingerprint density at radius 2 is 2.13 bits per heavy atom. The van der Waals surface area contributed by atoms with E-state index in [0.29, 0.717) is 11.4 Å². The SMILES string of the molecule is Cc1cc2c(C=O)c(N)n(C)c2nc1C. The van der Waals surface area contributed by atoms with Crippen LogP contribution in [0.4, 0.5) is 5.82 Å². The highest BCUT2D eigenvalue weighted by atomic mass is 16.1. The van der Waals surface area contributed by atoms with Crippen molar-refractivity contribution < 1.29 is 4.79 Å². The Hall–Kier alpha value is -1.84. The van der Waals surface area contributed by atoms with E-state index in [1.165, 1.54) is 0 Å². The van der Waals surface area contributed by atoms with Crippen molar-refractivity contribution >= 4 is 23.1 Å². The van der Waals surface area contributed by atoms with E-state index in [2.05, 4.69) is 4.98 Å². The van der Waals surface area contributed by atoms with Crippen molar-refractivity contribution in [2.75, 3.05) is 5.73 Å². The molecule has 0 aliphatic carbocycles. The van der Waals surface area contributed by atoms with Crippen LogP contribution in [0.25, 0.3) is 11.0 Å². The highest BCUT2D eigenvalue weighted by Crippen LogP contribution is 2.25. The molecule has 0 unspecified atom stereocenters. The molecule has 4 heteroatoms. The fourth-order valence-corrected chi connectivity index (χ4v) is 1.70. The molecule has 2 aromatic heterocycles. The molecule has 0 atom stereocenters. The molecular weight excluding hydrogens is 190 g/mol. The van der Waals surface area contributed by atoms with Gasteiger partial charge in [0.15, 0.2) is 6.29 Å². The second-order valence-electron chi connectivity index (χ2n) is 3.74. The molecule has 2 heterocycles. The highest BCUT2D eigenvalue weighted by molar-refractivity contribution is 6.02. The Bertz CT molecular complexity index is 555. The number of nitrogens with zero attached hydrogens (tertiary/aromatic N) is 2. The van der Waals surface area contributed by atoms with Gasteiger partial charge in [0.25, 0.3) is 0 Å². The average molecular weight is 203 g/mol. The number of carbonyl (C=O) groups excluding carboxylic acids is 1. The van der Waals surface area contributed by atoms with Crippen molar-refractivity contribution in [3.63, 3.8) is 0 Å². The Morgan fingerprint density at radius 1 is 1.47 bits per heavy atom. The summed E-state index contributed by atoms with van der Waals surface area (Å²) in [5, 5.41) is 0.827. The lowest BCUT2D eigenvalue weighted by Gasteiger charge is -2.01. The minimum absolute atomic E-state index is 0.470. The molecule has 0 fully saturated rings. The molecule has 0 spiro atoms. The number of hydrogen-bond acceptors (Lipinski definition) is 3. The monoisotopic (exact) mass is 203 g/mol. The van der Waals surface area contributed by atoms with E-state index in [-0.39, 0.29) is 0 Å². The minimum atomic E-state index is 0.470. The van der Waals surface area contributed by atoms with Crippen molar-refractivity contribution in [2.45, 2.75) is 13.8 Å². The van der Waals surface area contributed by atoms with Gasteiger partial charge in [0.05, 0.1) is 5.56 Å². The quantitative estimate of drug-likeness (QED) is 0.716. The number of nitrogen functional groups attached to an aromatic ring is 1. The molecule has 15 heavy (non-hydrogen) atoms. The predicted octanol–water partition coefficient (Wildman–Crippen LogP) is 1.58. The molecule has 0 saturated carbocycles. The van der Waals surface area contributed by atoms with Crippen molar-refractivity contribution in [1.29, 1.82) is 0 Å². The van der Waals surface area contributed by atoms with Gasteiger partial charge in [-0.25, -0.2) is 4.98 Å². The summed E-state index contributed by atoms with van der Waals surface area (Å²) in [6.45, 7) is 3.91. The van der Waals surface area contributed by atoms with Crippen LogP contribution in [-0.4, -0.2) is 15.8 Å². The van der Waals surface area contributed by atoms with Gasteiger partial charge in [0.2, 0.25) is 0 Å². The molecule has 0 saturated heterocycles. The fourth-order valence-electron chi connectivity index (χ4n) is 1.70. The summed E-state index contributed by atoms with van der Waals surface area (Å²) in [6.07, 6.45) is 0.786. The van der Waals surface area contributed by atoms with Crippen LogP contribution in [0.2, 0.25) is 0 Å². The van der Waals surface area contributed by atoms with Crippen LogP contribution in [0.15, 0.2) is 6.07 Å². The van der Waals surface area contributed by atoms with Gasteiger partial charge in [0, 0.05) is 18.1 Å². The zero-order valence-corrected chi connectivity index (χ0v) is 9.03. The zero-order valence-electron chi connectivity index (χ0n) is 9.03. The lowest BCUT2D eigenvalue weighted by atomic mass is 10.1. The first-order valence-corrected chi connectivity index (χ1v) is 4.73. The fraction of sp³-hybridized carbons (Fsp3) is 0.273. The van der Waals surface area contributed by atoms with Gasteiger partial charge < -0.3 is 10.3 Å². The molecule has 2 aromatic rings. The second kappa shape index (κ2) is 3.08. The third-order valence-corrected chi connectivity index (χ3v) is 2.81. The normalized spacial score (nSPS) is 10.9. The summed E-state index contributed by atoms with van der Waals surface area (Å²) < 4.78 is 1.74. The van der Waals surface area contributed by atoms with Gasteiger partial charge in [-0.3, -0.25) is 4.79 Å². The number of rotatable bonds is 1. The standard InChI is InChI=1S/C11H13N3O/c1-6-4-8-9(5-15)10(12)14(3)11(8)13-7(6)2/h4-5H,12H2,1-3H3. The van der Waals surface area contributed by atoms with Crippen LogP contribution in [0.1, 0.15) is 21.6 Å². The van der Waals surface area contributed by atoms with E-state index >= 15 is 0 Å². The maximum Gasteiger partial charge on any atom is 0.154 e. The number of nitrogens with two attached hydrogens (primary N) is 1. The van der Waals surface area contributed by atoms with Crippen molar-refractivity contribution in [3.8, 4) is 0 Å². The highest BCUT2D eigenvalue weighted by Gasteiger charge is 2.13. The van der Waals surface area contributed by atoms with Gasteiger partial charge in [-0.2, -0.15) is 0 Å². The van der Waals surface area contributed by atoms with E-state index in [4.69, 9.17) is 5.73 Å². The number of fused-ring (bicyclic) bond motifs is 1. The number of aldehydes is 1. The lowest BCUT2D eigenvalue weighted by Crippen LogP contribution is -1.98. The molecule has 0 aliphatic heterocycles. The van der Waals surface area contributed by atoms with Gasteiger partial charge >= 0.3 is 0 Å². The number of hydrogen-bond donors (Lipinski definition) is 1. The van der Waals surface area contributed by atoms with Crippen LogP contribution in [0, 0.1) is 13.8 Å². The topological polar surface area (TPSA) is 60.9 Å². The van der Waals surface area contributed by atoms with Gasteiger partial charge in [0.1, 0.15) is 11.5 Å². The Kier molecular flexibility index (Phi) is 2.00. The van der Waals surface area contributed by atoms with Gasteiger partial charge in [-0.05, 0) is 25.5 Å². The first-order chi connectivity index (χ1) is 7.06. The maximum atomic E-state index is 10.9. The molecule has 78 valence electrons. The van der Waals surface area contributed by atoms with E-state index < -0.39 is 0 Å². The number of pyridine rings is 1. The van der Waals surface area contributed by atoms with Gasteiger partial charge in [-0.1, -0.05) is 0 Å².